The predicted molar refractivity (Wildman–Crippen MR) is 64.3 cm³/mol. The number of nitrogens with zero attached hydrogens (tertiary/aromatic N) is 2. The molecule has 0 aromatic carbocycles. The van der Waals surface area contributed by atoms with Gasteiger partial charge in [-0.05, 0) is 19.1 Å². The van der Waals surface area contributed by atoms with Crippen molar-refractivity contribution in [1.29, 1.82) is 5.26 Å². The van der Waals surface area contributed by atoms with Gasteiger partial charge in [-0.1, -0.05) is 5.16 Å². The van der Waals surface area contributed by atoms with Crippen molar-refractivity contribution in [2.24, 2.45) is 0 Å². The monoisotopic (exact) mass is 283 g/mol. The van der Waals surface area contributed by atoms with Crippen LogP contribution in [0.2, 0.25) is 0 Å². The molecule has 0 spiro atoms. The number of rotatable bonds is 4. The minimum absolute atomic E-state index is 0.0307. The van der Waals surface area contributed by atoms with Gasteiger partial charge in [-0.15, -0.1) is 11.3 Å². The Morgan fingerprint density at radius 1 is 1.56 bits per heavy atom. The Kier molecular flexibility index (Phi) is 3.47. The van der Waals surface area contributed by atoms with E-state index in [1.807, 2.05) is 6.07 Å². The minimum Gasteiger partial charge on any atom is -0.360 e. The number of aromatic nitrogens is 1. The maximum atomic E-state index is 11.9. The molecule has 6 nitrogen and oxygen atoms in total. The van der Waals surface area contributed by atoms with Crippen LogP contribution < -0.4 is 4.72 Å². The van der Waals surface area contributed by atoms with Gasteiger partial charge >= 0.3 is 0 Å². The first-order valence-corrected chi connectivity index (χ1v) is 7.23. The van der Waals surface area contributed by atoms with Gasteiger partial charge in [-0.25, -0.2) is 13.1 Å². The van der Waals surface area contributed by atoms with Gasteiger partial charge in [0.15, 0.2) is 5.76 Å². The molecule has 0 saturated carbocycles. The summed E-state index contributed by atoms with van der Waals surface area (Å²) in [6.07, 6.45) is 0. The van der Waals surface area contributed by atoms with Gasteiger partial charge in [0.05, 0.1) is 12.2 Å². The Morgan fingerprint density at radius 3 is 2.89 bits per heavy atom. The van der Waals surface area contributed by atoms with Gasteiger partial charge in [0.25, 0.3) is 10.0 Å². The van der Waals surface area contributed by atoms with E-state index >= 15 is 0 Å². The zero-order valence-corrected chi connectivity index (χ0v) is 11.0. The average Bonchev–Trinajstić information content (AvgIpc) is 2.95. The summed E-state index contributed by atoms with van der Waals surface area (Å²) in [7, 11) is -3.61. The second-order valence-electron chi connectivity index (χ2n) is 3.49. The van der Waals surface area contributed by atoms with Crippen LogP contribution in [-0.4, -0.2) is 13.6 Å². The first-order chi connectivity index (χ1) is 8.51. The summed E-state index contributed by atoms with van der Waals surface area (Å²) < 4.78 is 31.1. The summed E-state index contributed by atoms with van der Waals surface area (Å²) in [5, 5.41) is 12.3. The maximum absolute atomic E-state index is 11.9. The minimum atomic E-state index is -3.61. The molecule has 0 unspecified atom stereocenters. The van der Waals surface area contributed by atoms with Crippen molar-refractivity contribution in [3.8, 4) is 6.07 Å². The van der Waals surface area contributed by atoms with Crippen molar-refractivity contribution in [3.63, 3.8) is 0 Å². The Labute approximate surface area is 108 Å². The molecule has 8 heteroatoms. The summed E-state index contributed by atoms with van der Waals surface area (Å²) in [5.41, 5.74) is 0.687. The Bertz CT molecular complexity index is 694. The number of aryl methyl sites for hydroxylation is 1. The van der Waals surface area contributed by atoms with Crippen LogP contribution in [0.5, 0.6) is 0 Å². The van der Waals surface area contributed by atoms with Gasteiger partial charge in [-0.3, -0.25) is 0 Å². The molecule has 0 saturated heterocycles. The van der Waals surface area contributed by atoms with Gasteiger partial charge in [0.1, 0.15) is 15.2 Å². The highest BCUT2D eigenvalue weighted by atomic mass is 32.2. The lowest BCUT2D eigenvalue weighted by Crippen LogP contribution is -2.22. The fraction of sp³-hybridized carbons (Fsp3) is 0.200. The largest absolute Gasteiger partial charge is 0.360 e. The molecule has 0 amide bonds. The number of hydrogen-bond acceptors (Lipinski definition) is 6. The van der Waals surface area contributed by atoms with Crippen LogP contribution >= 0.6 is 11.3 Å². The van der Waals surface area contributed by atoms with Crippen LogP contribution in [0.1, 0.15) is 16.3 Å². The normalized spacial score (nSPS) is 11.3. The van der Waals surface area contributed by atoms with Gasteiger partial charge < -0.3 is 4.52 Å². The van der Waals surface area contributed by atoms with Crippen molar-refractivity contribution < 1.29 is 12.9 Å². The fourth-order valence-electron chi connectivity index (χ4n) is 1.26. The number of nitriles is 1. The molecule has 1 N–H and O–H groups in total. The molecule has 0 bridgehead atoms. The van der Waals surface area contributed by atoms with Crippen molar-refractivity contribution in [3.05, 3.63) is 34.5 Å². The van der Waals surface area contributed by atoms with Crippen LogP contribution in [0.15, 0.2) is 26.9 Å². The van der Waals surface area contributed by atoms with Crippen molar-refractivity contribution in [1.82, 2.24) is 9.88 Å². The molecule has 18 heavy (non-hydrogen) atoms. The molecule has 2 heterocycles. The zero-order valence-electron chi connectivity index (χ0n) is 9.37. The molecule has 0 fully saturated rings. The molecular weight excluding hydrogens is 274 g/mol. The summed E-state index contributed by atoms with van der Waals surface area (Å²) in [6, 6.07) is 6.41. The highest BCUT2D eigenvalue weighted by molar-refractivity contribution is 7.91. The lowest BCUT2D eigenvalue weighted by Gasteiger charge is -2.01. The van der Waals surface area contributed by atoms with E-state index in [1.54, 1.807) is 13.0 Å². The summed E-state index contributed by atoms with van der Waals surface area (Å²) >= 11 is 0.922. The third-order valence-corrected chi connectivity index (χ3v) is 4.95. The van der Waals surface area contributed by atoms with Crippen LogP contribution in [0.25, 0.3) is 0 Å². The third kappa shape index (κ3) is 2.76. The van der Waals surface area contributed by atoms with Crippen molar-refractivity contribution >= 4 is 21.4 Å². The zero-order chi connectivity index (χ0) is 13.2. The molecule has 0 atom stereocenters. The van der Waals surface area contributed by atoms with E-state index in [2.05, 4.69) is 9.88 Å². The lowest BCUT2D eigenvalue weighted by atomic mass is 10.4. The summed E-state index contributed by atoms with van der Waals surface area (Å²) in [5.74, 6) is 0.438. The van der Waals surface area contributed by atoms with Crippen LogP contribution in [0.3, 0.4) is 0 Å². The maximum Gasteiger partial charge on any atom is 0.250 e. The standard InChI is InChI=1S/C10H9N3O3S2/c1-7-4-8(16-13-7)6-12-18(14,15)10-3-2-9(5-11)17-10/h2-4,12H,6H2,1H3. The molecule has 0 radical (unpaired) electrons. The molecular formula is C10H9N3O3S2. The number of hydrogen-bond donors (Lipinski definition) is 1. The van der Waals surface area contributed by atoms with E-state index in [-0.39, 0.29) is 10.8 Å². The van der Waals surface area contributed by atoms with E-state index in [0.717, 1.165) is 11.3 Å². The van der Waals surface area contributed by atoms with Gasteiger partial charge in [0.2, 0.25) is 0 Å². The molecule has 94 valence electrons. The van der Waals surface area contributed by atoms with E-state index < -0.39 is 10.0 Å². The third-order valence-electron chi connectivity index (χ3n) is 2.07. The van der Waals surface area contributed by atoms with Crippen LogP contribution in [0.4, 0.5) is 0 Å². The average molecular weight is 283 g/mol. The first kappa shape index (κ1) is 12.8. The lowest BCUT2D eigenvalue weighted by molar-refractivity contribution is 0.377. The van der Waals surface area contributed by atoms with Gasteiger partial charge in [-0.2, -0.15) is 5.26 Å². The second-order valence-corrected chi connectivity index (χ2v) is 6.57. The van der Waals surface area contributed by atoms with Crippen LogP contribution in [-0.2, 0) is 16.6 Å². The fourth-order valence-corrected chi connectivity index (χ4v) is 3.40. The van der Waals surface area contributed by atoms with E-state index in [1.165, 1.54) is 12.1 Å². The summed E-state index contributed by atoms with van der Waals surface area (Å²) in [6.45, 7) is 1.78. The van der Waals surface area contributed by atoms with E-state index in [4.69, 9.17) is 9.78 Å². The smallest absolute Gasteiger partial charge is 0.250 e. The SMILES string of the molecule is Cc1cc(CNS(=O)(=O)c2ccc(C#N)s2)on1. The van der Waals surface area contributed by atoms with Gasteiger partial charge in [0, 0.05) is 6.07 Å². The molecule has 2 aromatic rings. The highest BCUT2D eigenvalue weighted by Gasteiger charge is 2.17. The Hall–Kier alpha value is -1.69. The quantitative estimate of drug-likeness (QED) is 0.914. The van der Waals surface area contributed by atoms with Crippen molar-refractivity contribution in [2.45, 2.75) is 17.7 Å². The predicted octanol–water partition coefficient (Wildman–Crippen LogP) is 1.39. The topological polar surface area (TPSA) is 96.0 Å². The molecule has 2 aromatic heterocycles. The molecule has 0 aliphatic rings. The number of nitrogens with one attached hydrogen (secondary N) is 1. The molecule has 0 aliphatic heterocycles. The van der Waals surface area contributed by atoms with Crippen LogP contribution in [0, 0.1) is 18.3 Å². The Morgan fingerprint density at radius 2 is 2.33 bits per heavy atom. The summed E-state index contributed by atoms with van der Waals surface area (Å²) in [4.78, 5) is 0.353. The highest BCUT2D eigenvalue weighted by Crippen LogP contribution is 2.20. The van der Waals surface area contributed by atoms with Crippen molar-refractivity contribution in [2.75, 3.05) is 0 Å². The second kappa shape index (κ2) is 4.89. The molecule has 2 rings (SSSR count). The molecule has 0 aliphatic carbocycles. The number of sulfonamides is 1. The van der Waals surface area contributed by atoms with E-state index in [9.17, 15) is 8.42 Å². The number of thiophene rings is 1. The van der Waals surface area contributed by atoms with E-state index in [0.29, 0.717) is 16.3 Å². The first-order valence-electron chi connectivity index (χ1n) is 4.93. The Balaban J connectivity index is 2.10.